The van der Waals surface area contributed by atoms with E-state index in [2.05, 4.69) is 5.32 Å². The fourth-order valence-electron chi connectivity index (χ4n) is 3.09. The first-order valence-corrected chi connectivity index (χ1v) is 11.8. The summed E-state index contributed by atoms with van der Waals surface area (Å²) in [5, 5.41) is 23.8. The Bertz CT molecular complexity index is 913. The molecule has 0 fully saturated rings. The Hall–Kier alpha value is -2.57. The van der Waals surface area contributed by atoms with E-state index in [1.165, 1.54) is 0 Å². The Morgan fingerprint density at radius 1 is 0.844 bits per heavy atom. The predicted molar refractivity (Wildman–Crippen MR) is 115 cm³/mol. The smallest absolute Gasteiger partial charge is 0.261 e. The first-order valence-electron chi connectivity index (χ1n) is 9.97. The van der Waals surface area contributed by atoms with Crippen LogP contribution < -0.4 is 24.3 Å². The minimum Gasteiger partial charge on any atom is -0.486 e. The van der Waals surface area contributed by atoms with Crippen LogP contribution in [0.5, 0.6) is 23.0 Å². The number of ether oxygens (including phenoxy) is 4. The molecule has 176 valence electrons. The molecule has 0 aromatic heterocycles. The topological polar surface area (TPSA) is 144 Å². The number of para-hydroxylation sites is 4. The fraction of sp³-hybridized carbons (Fsp3) is 0.429. The highest BCUT2D eigenvalue weighted by Gasteiger charge is 2.29. The zero-order valence-corrected chi connectivity index (χ0v) is 18.3. The van der Waals surface area contributed by atoms with E-state index < -0.39 is 34.5 Å². The van der Waals surface area contributed by atoms with Crippen molar-refractivity contribution in [1.29, 1.82) is 0 Å². The molecule has 0 spiro atoms. The molecule has 32 heavy (non-hydrogen) atoms. The van der Waals surface area contributed by atoms with E-state index in [9.17, 15) is 18.6 Å². The number of nitrogens with one attached hydrogen (secondary N) is 1. The standard InChI is InChI=1S/C20H23NO6.CH4O3S/c22-13(19-11-24-15-5-1-3-7-17(15)26-19)9-21-10-14(23)20-12-25-16-6-2-4-8-18(16)27-20;1-5(2,3)4/h1-8,13-14,19-23H,9-12H2;1H3,(H,2,3,4)/t13-,14+,19+,20-;. The molecule has 2 aliphatic rings. The van der Waals surface area contributed by atoms with Crippen molar-refractivity contribution in [3.8, 4) is 23.0 Å². The van der Waals surface area contributed by atoms with E-state index in [4.69, 9.17) is 23.5 Å². The molecule has 4 atom stereocenters. The highest BCUT2D eigenvalue weighted by atomic mass is 32.2. The van der Waals surface area contributed by atoms with Crippen LogP contribution in [0.3, 0.4) is 0 Å². The summed E-state index contributed by atoms with van der Waals surface area (Å²) in [5.74, 6) is 2.61. The molecular formula is C21H27NO9S. The maximum Gasteiger partial charge on any atom is 0.261 e. The number of hydrogen-bond donors (Lipinski definition) is 4. The normalized spacial score (nSPS) is 21.0. The van der Waals surface area contributed by atoms with E-state index >= 15 is 0 Å². The van der Waals surface area contributed by atoms with Gasteiger partial charge in [0.05, 0.1) is 6.26 Å². The quantitative estimate of drug-likeness (QED) is 0.441. The molecule has 0 bridgehead atoms. The Morgan fingerprint density at radius 2 is 1.19 bits per heavy atom. The van der Waals surface area contributed by atoms with Crippen molar-refractivity contribution in [2.75, 3.05) is 32.6 Å². The number of aliphatic hydroxyl groups is 2. The van der Waals surface area contributed by atoms with Crippen LogP contribution in [0.2, 0.25) is 0 Å². The van der Waals surface area contributed by atoms with Crippen LogP contribution in [0.15, 0.2) is 48.5 Å². The van der Waals surface area contributed by atoms with E-state index in [0.29, 0.717) is 29.3 Å². The molecule has 10 nitrogen and oxygen atoms in total. The van der Waals surface area contributed by atoms with Crippen molar-refractivity contribution < 1.29 is 42.1 Å². The summed E-state index contributed by atoms with van der Waals surface area (Å²) in [6.45, 7) is 1.08. The van der Waals surface area contributed by atoms with Gasteiger partial charge in [0.1, 0.15) is 25.4 Å². The van der Waals surface area contributed by atoms with Crippen molar-refractivity contribution in [3.63, 3.8) is 0 Å². The third kappa shape index (κ3) is 7.24. The Labute approximate surface area is 186 Å². The van der Waals surface area contributed by atoms with Gasteiger partial charge >= 0.3 is 0 Å². The minimum atomic E-state index is -3.67. The van der Waals surface area contributed by atoms with Gasteiger partial charge < -0.3 is 34.5 Å². The van der Waals surface area contributed by atoms with Crippen molar-refractivity contribution in [3.05, 3.63) is 48.5 Å². The predicted octanol–water partition coefficient (Wildman–Crippen LogP) is 0.482. The SMILES string of the molecule is CS(=O)(=O)O.O[C@H](CNC[C@H](O)[C@H]1COc2ccccc2O1)[C@@H]1COc2ccccc2O1. The number of fused-ring (bicyclic) bond motifs is 2. The van der Waals surface area contributed by atoms with Gasteiger partial charge in [0.25, 0.3) is 10.1 Å². The van der Waals surface area contributed by atoms with Gasteiger partial charge in [-0.05, 0) is 24.3 Å². The van der Waals surface area contributed by atoms with E-state index in [1.54, 1.807) is 0 Å². The van der Waals surface area contributed by atoms with Crippen molar-refractivity contribution in [2.24, 2.45) is 0 Å². The molecule has 0 amide bonds. The Kier molecular flexibility index (Phi) is 8.15. The van der Waals surface area contributed by atoms with E-state index in [0.717, 1.165) is 0 Å². The highest BCUT2D eigenvalue weighted by molar-refractivity contribution is 7.85. The zero-order valence-electron chi connectivity index (χ0n) is 17.5. The number of aliphatic hydroxyl groups excluding tert-OH is 2. The third-order valence-electron chi connectivity index (χ3n) is 4.63. The lowest BCUT2D eigenvalue weighted by Crippen LogP contribution is -2.49. The molecule has 0 saturated heterocycles. The first kappa shape index (κ1) is 24.1. The van der Waals surface area contributed by atoms with Gasteiger partial charge in [-0.15, -0.1) is 0 Å². The average Bonchev–Trinajstić information content (AvgIpc) is 2.77. The highest BCUT2D eigenvalue weighted by Crippen LogP contribution is 2.32. The second-order valence-electron chi connectivity index (χ2n) is 7.35. The number of benzene rings is 2. The van der Waals surface area contributed by atoms with Gasteiger partial charge in [-0.1, -0.05) is 24.3 Å². The molecule has 4 rings (SSSR count). The lowest BCUT2D eigenvalue weighted by atomic mass is 10.1. The molecule has 2 aromatic carbocycles. The van der Waals surface area contributed by atoms with Gasteiger partial charge in [0.15, 0.2) is 35.2 Å². The molecule has 0 unspecified atom stereocenters. The van der Waals surface area contributed by atoms with Crippen LogP contribution >= 0.6 is 0 Å². The summed E-state index contributed by atoms with van der Waals surface area (Å²) in [6.07, 6.45) is -1.76. The Morgan fingerprint density at radius 3 is 1.56 bits per heavy atom. The molecule has 4 N–H and O–H groups in total. The second kappa shape index (κ2) is 10.8. The summed E-state index contributed by atoms with van der Waals surface area (Å²) in [6, 6.07) is 14.7. The van der Waals surface area contributed by atoms with Crippen LogP contribution in [0.25, 0.3) is 0 Å². The molecule has 0 radical (unpaired) electrons. The lowest BCUT2D eigenvalue weighted by molar-refractivity contribution is -0.0212. The number of hydrogen-bond acceptors (Lipinski definition) is 9. The summed E-state index contributed by atoms with van der Waals surface area (Å²) < 4.78 is 48.7. The maximum atomic E-state index is 10.3. The second-order valence-corrected chi connectivity index (χ2v) is 8.82. The van der Waals surface area contributed by atoms with Gasteiger partial charge in [0, 0.05) is 13.1 Å². The molecule has 11 heteroatoms. The lowest BCUT2D eigenvalue weighted by Gasteiger charge is -2.31. The molecule has 0 saturated carbocycles. The first-order chi connectivity index (χ1) is 15.2. The monoisotopic (exact) mass is 469 g/mol. The van der Waals surface area contributed by atoms with Crippen LogP contribution in [0, 0.1) is 0 Å². The summed E-state index contributed by atoms with van der Waals surface area (Å²) in [4.78, 5) is 0. The molecule has 2 aromatic rings. The Balaban J connectivity index is 0.000000523. The van der Waals surface area contributed by atoms with Crippen LogP contribution in [-0.2, 0) is 10.1 Å². The van der Waals surface area contributed by atoms with Gasteiger partial charge in [-0.25, -0.2) is 0 Å². The third-order valence-corrected chi connectivity index (χ3v) is 4.63. The van der Waals surface area contributed by atoms with Crippen molar-refractivity contribution >= 4 is 10.1 Å². The molecule has 0 aliphatic carbocycles. The number of rotatable bonds is 6. The van der Waals surface area contributed by atoms with Crippen LogP contribution in [0.1, 0.15) is 0 Å². The van der Waals surface area contributed by atoms with E-state index in [-0.39, 0.29) is 26.3 Å². The molecule has 2 heterocycles. The molecule has 2 aliphatic heterocycles. The van der Waals surface area contributed by atoms with Gasteiger partial charge in [0.2, 0.25) is 0 Å². The van der Waals surface area contributed by atoms with Gasteiger partial charge in [-0.3, -0.25) is 4.55 Å². The summed E-state index contributed by atoms with van der Waals surface area (Å²) >= 11 is 0. The minimum absolute atomic E-state index is 0.261. The van der Waals surface area contributed by atoms with Crippen LogP contribution in [0.4, 0.5) is 0 Å². The van der Waals surface area contributed by atoms with Crippen molar-refractivity contribution in [1.82, 2.24) is 5.32 Å². The summed E-state index contributed by atoms with van der Waals surface area (Å²) in [7, 11) is -3.67. The van der Waals surface area contributed by atoms with Crippen LogP contribution in [-0.4, -0.2) is 80.2 Å². The zero-order chi connectivity index (χ0) is 23.1. The van der Waals surface area contributed by atoms with Crippen molar-refractivity contribution in [2.45, 2.75) is 24.4 Å². The maximum absolute atomic E-state index is 10.3. The van der Waals surface area contributed by atoms with E-state index in [1.807, 2.05) is 48.5 Å². The largest absolute Gasteiger partial charge is 0.486 e. The van der Waals surface area contributed by atoms with Gasteiger partial charge in [-0.2, -0.15) is 8.42 Å². The average molecular weight is 470 g/mol. The fourth-order valence-corrected chi connectivity index (χ4v) is 3.09. The summed E-state index contributed by atoms with van der Waals surface area (Å²) in [5.41, 5.74) is 0. The molecular weight excluding hydrogens is 442 g/mol.